The molecule has 6 rings (SSSR count). The predicted octanol–water partition coefficient (Wildman–Crippen LogP) is 6.50. The van der Waals surface area contributed by atoms with Gasteiger partial charge in [-0.15, -0.1) is 0 Å². The Kier molecular flexibility index (Phi) is 8.17. The Labute approximate surface area is 251 Å². The summed E-state index contributed by atoms with van der Waals surface area (Å²) in [6.07, 6.45) is 4.44. The number of benzene rings is 3. The molecule has 0 bridgehead atoms. The number of halogens is 1. The lowest BCUT2D eigenvalue weighted by Gasteiger charge is -2.44. The highest BCUT2D eigenvalue weighted by Gasteiger charge is 2.40. The number of rotatable bonds is 7. The average Bonchev–Trinajstić information content (AvgIpc) is 3.01. The molecule has 0 saturated carbocycles. The molecule has 1 saturated heterocycles. The zero-order valence-corrected chi connectivity index (χ0v) is 24.6. The van der Waals surface area contributed by atoms with Gasteiger partial charge in [0, 0.05) is 32.1 Å². The number of aryl methyl sites for hydroxylation is 1. The van der Waals surface area contributed by atoms with E-state index in [0.29, 0.717) is 18.8 Å². The molecule has 3 heterocycles. The largest absolute Gasteiger partial charge is 0.487 e. The van der Waals surface area contributed by atoms with Crippen molar-refractivity contribution in [3.63, 3.8) is 0 Å². The van der Waals surface area contributed by atoms with Crippen molar-refractivity contribution in [2.24, 2.45) is 0 Å². The maximum atomic E-state index is 13.1. The lowest BCUT2D eigenvalue weighted by Crippen LogP contribution is -2.51. The van der Waals surface area contributed by atoms with E-state index in [1.54, 1.807) is 41.4 Å². The molecule has 9 heteroatoms. The van der Waals surface area contributed by atoms with E-state index in [-0.39, 0.29) is 35.6 Å². The van der Waals surface area contributed by atoms with E-state index >= 15 is 0 Å². The Morgan fingerprint density at radius 2 is 1.60 bits per heavy atom. The van der Waals surface area contributed by atoms with E-state index in [9.17, 15) is 17.6 Å². The van der Waals surface area contributed by atoms with Gasteiger partial charge in [0.05, 0.1) is 17.2 Å². The predicted molar refractivity (Wildman–Crippen MR) is 162 cm³/mol. The van der Waals surface area contributed by atoms with Crippen LogP contribution in [0.3, 0.4) is 0 Å². The molecule has 0 atom stereocenters. The van der Waals surface area contributed by atoms with Crippen LogP contribution in [0.25, 0.3) is 11.1 Å². The normalized spacial score (nSPS) is 15.9. The van der Waals surface area contributed by atoms with E-state index < -0.39 is 9.84 Å². The summed E-state index contributed by atoms with van der Waals surface area (Å²) in [5, 5.41) is 0. The topological polar surface area (TPSA) is 85.8 Å². The van der Waals surface area contributed by atoms with Crippen LogP contribution in [0.4, 0.5) is 9.18 Å². The smallest absolute Gasteiger partial charge is 0.410 e. The zero-order chi connectivity index (χ0) is 29.9. The van der Waals surface area contributed by atoms with Gasteiger partial charge in [0.25, 0.3) is 0 Å². The first-order valence-corrected chi connectivity index (χ1v) is 16.3. The minimum absolute atomic E-state index is 0.0344. The number of fused-ring (bicyclic) bond motifs is 1. The van der Waals surface area contributed by atoms with Crippen LogP contribution < -0.4 is 4.74 Å². The third-order valence-corrected chi connectivity index (χ3v) is 9.72. The molecule has 43 heavy (non-hydrogen) atoms. The molecule has 2 aliphatic rings. The second-order valence-corrected chi connectivity index (χ2v) is 13.4. The SMILES string of the molecule is O=C(OCc1ccc(F)cc1)N1CCC2(CCc3cc(-c4ccc(CS(=O)(=O)Cc5ccccn5)cc4)ccc3O2)CC1. The summed E-state index contributed by atoms with van der Waals surface area (Å²) in [7, 11) is -3.33. The fraction of sp³-hybridized carbons (Fsp3) is 0.294. The maximum Gasteiger partial charge on any atom is 0.410 e. The van der Waals surface area contributed by atoms with E-state index in [1.807, 2.05) is 36.4 Å². The number of hydrogen-bond donors (Lipinski definition) is 0. The third kappa shape index (κ3) is 7.05. The van der Waals surface area contributed by atoms with Crippen LogP contribution in [0.5, 0.6) is 5.75 Å². The van der Waals surface area contributed by atoms with Crippen LogP contribution in [0.15, 0.2) is 91.1 Å². The van der Waals surface area contributed by atoms with Gasteiger partial charge < -0.3 is 14.4 Å². The minimum atomic E-state index is -3.33. The Balaban J connectivity index is 1.03. The van der Waals surface area contributed by atoms with Crippen LogP contribution >= 0.6 is 0 Å². The van der Waals surface area contributed by atoms with Gasteiger partial charge in [0.2, 0.25) is 0 Å². The fourth-order valence-corrected chi connectivity index (χ4v) is 7.20. The number of sulfone groups is 1. The minimum Gasteiger partial charge on any atom is -0.487 e. The van der Waals surface area contributed by atoms with Crippen molar-refractivity contribution < 1.29 is 27.1 Å². The first-order valence-electron chi connectivity index (χ1n) is 14.4. The second-order valence-electron chi connectivity index (χ2n) is 11.3. The Hall–Kier alpha value is -4.24. The number of carbonyl (C=O) groups excluding carboxylic acids is 1. The second kappa shape index (κ2) is 12.2. The summed E-state index contributed by atoms with van der Waals surface area (Å²) in [5.41, 5.74) is 4.95. The summed E-state index contributed by atoms with van der Waals surface area (Å²) in [5.74, 6) is 0.438. The third-order valence-electron chi connectivity index (χ3n) is 8.21. The number of hydrogen-bond acceptors (Lipinski definition) is 6. The van der Waals surface area contributed by atoms with Gasteiger partial charge in [0.15, 0.2) is 9.84 Å². The highest BCUT2D eigenvalue weighted by Crippen LogP contribution is 2.41. The molecule has 0 unspecified atom stereocenters. The molecule has 7 nitrogen and oxygen atoms in total. The number of amides is 1. The van der Waals surface area contributed by atoms with Crippen molar-refractivity contribution >= 4 is 15.9 Å². The van der Waals surface area contributed by atoms with E-state index in [1.165, 1.54) is 12.1 Å². The van der Waals surface area contributed by atoms with Gasteiger partial charge in [-0.3, -0.25) is 4.98 Å². The summed E-state index contributed by atoms with van der Waals surface area (Å²) in [6.45, 7) is 1.22. The number of nitrogens with zero attached hydrogens (tertiary/aromatic N) is 2. The van der Waals surface area contributed by atoms with E-state index in [4.69, 9.17) is 9.47 Å². The molecule has 2 aliphatic heterocycles. The van der Waals surface area contributed by atoms with E-state index in [2.05, 4.69) is 11.1 Å². The standard InChI is InChI=1S/C34H33FN2O5S/c35-30-11-6-25(7-12-30)22-41-33(38)37-19-16-34(17-20-37)15-14-29-21-28(10-13-32(29)42-34)27-8-4-26(5-9-27)23-43(39,40)24-31-3-1-2-18-36-31/h1-13,18,21H,14-17,19-20,22-24H2. The van der Waals surface area contributed by atoms with Gasteiger partial charge in [-0.25, -0.2) is 17.6 Å². The average molecular weight is 601 g/mol. The molecule has 1 fully saturated rings. The molecule has 4 aromatic rings. The molecular weight excluding hydrogens is 567 g/mol. The van der Waals surface area contributed by atoms with Crippen molar-refractivity contribution in [3.8, 4) is 16.9 Å². The molecule has 1 amide bonds. The monoisotopic (exact) mass is 600 g/mol. The van der Waals surface area contributed by atoms with Gasteiger partial charge in [-0.05, 0) is 77.1 Å². The Morgan fingerprint density at radius 1 is 0.884 bits per heavy atom. The summed E-state index contributed by atoms with van der Waals surface area (Å²) in [6, 6.07) is 25.1. The lowest BCUT2D eigenvalue weighted by molar-refractivity contribution is -0.0150. The van der Waals surface area contributed by atoms with Crippen molar-refractivity contribution in [1.82, 2.24) is 9.88 Å². The maximum absolute atomic E-state index is 13.1. The molecule has 1 aromatic heterocycles. The van der Waals surface area contributed by atoms with E-state index in [0.717, 1.165) is 59.3 Å². The number of carbonyl (C=O) groups is 1. The zero-order valence-electron chi connectivity index (χ0n) is 23.7. The highest BCUT2D eigenvalue weighted by molar-refractivity contribution is 7.89. The first-order chi connectivity index (χ1) is 20.8. The number of pyridine rings is 1. The van der Waals surface area contributed by atoms with Crippen molar-refractivity contribution in [2.45, 2.75) is 49.4 Å². The molecule has 0 radical (unpaired) electrons. The fourth-order valence-electron chi connectivity index (χ4n) is 5.77. The van der Waals surface area contributed by atoms with Gasteiger partial charge in [-0.2, -0.15) is 0 Å². The quantitative estimate of drug-likeness (QED) is 0.241. The van der Waals surface area contributed by atoms with Crippen molar-refractivity contribution in [3.05, 3.63) is 119 Å². The van der Waals surface area contributed by atoms with Crippen LogP contribution in [-0.2, 0) is 39.1 Å². The van der Waals surface area contributed by atoms with Crippen molar-refractivity contribution in [1.29, 1.82) is 0 Å². The summed E-state index contributed by atoms with van der Waals surface area (Å²) >= 11 is 0. The molecule has 1 spiro atoms. The molecular formula is C34H33FN2O5S. The number of ether oxygens (including phenoxy) is 2. The Bertz CT molecular complexity index is 1690. The van der Waals surface area contributed by atoms with Crippen LogP contribution in [0.2, 0.25) is 0 Å². The van der Waals surface area contributed by atoms with Crippen LogP contribution in [-0.4, -0.2) is 43.1 Å². The molecule has 222 valence electrons. The van der Waals surface area contributed by atoms with Gasteiger partial charge >= 0.3 is 6.09 Å². The van der Waals surface area contributed by atoms with Crippen molar-refractivity contribution in [2.75, 3.05) is 13.1 Å². The molecule has 3 aromatic carbocycles. The highest BCUT2D eigenvalue weighted by atomic mass is 32.2. The number of likely N-dealkylation sites (tertiary alicyclic amines) is 1. The van der Waals surface area contributed by atoms with Gasteiger partial charge in [-0.1, -0.05) is 48.5 Å². The van der Waals surface area contributed by atoms with Gasteiger partial charge in [0.1, 0.15) is 23.8 Å². The van der Waals surface area contributed by atoms with Crippen LogP contribution in [0.1, 0.15) is 41.6 Å². The Morgan fingerprint density at radius 3 is 2.33 bits per heavy atom. The summed E-state index contributed by atoms with van der Waals surface area (Å²) in [4.78, 5) is 18.4. The van der Waals surface area contributed by atoms with Crippen LogP contribution in [0, 0.1) is 5.82 Å². The molecule has 0 N–H and O–H groups in total. The first kappa shape index (κ1) is 28.9. The number of aromatic nitrogens is 1. The summed E-state index contributed by atoms with van der Waals surface area (Å²) < 4.78 is 50.4. The number of piperidine rings is 1. The molecule has 0 aliphatic carbocycles. The lowest BCUT2D eigenvalue weighted by atomic mass is 9.82.